The highest BCUT2D eigenvalue weighted by molar-refractivity contribution is 7.98. The first-order chi connectivity index (χ1) is 13.8. The van der Waals surface area contributed by atoms with Crippen LogP contribution in [0.15, 0.2) is 83.0 Å². The van der Waals surface area contributed by atoms with E-state index in [1.54, 1.807) is 6.07 Å². The molecule has 0 fully saturated rings. The maximum Gasteiger partial charge on any atom is 0.269 e. The highest BCUT2D eigenvalue weighted by Crippen LogP contribution is 2.27. The fourth-order valence-corrected chi connectivity index (χ4v) is 4.26. The van der Waals surface area contributed by atoms with Crippen molar-refractivity contribution in [3.05, 3.63) is 89.0 Å². The van der Waals surface area contributed by atoms with Crippen molar-refractivity contribution in [2.24, 2.45) is 0 Å². The molecule has 6 nitrogen and oxygen atoms in total. The summed E-state index contributed by atoms with van der Waals surface area (Å²) in [5.74, 6) is 1.05. The number of para-hydroxylation sites is 1. The summed E-state index contributed by atoms with van der Waals surface area (Å²) in [4.78, 5) is 22.0. The highest BCUT2D eigenvalue weighted by atomic mass is 32.2. The first-order valence-electron chi connectivity index (χ1n) is 8.78. The highest BCUT2D eigenvalue weighted by Gasteiger charge is 2.15. The van der Waals surface area contributed by atoms with Gasteiger partial charge in [0, 0.05) is 5.75 Å². The lowest BCUT2D eigenvalue weighted by Gasteiger charge is -2.11. The standard InChI is InChI=1S/C21H15N5OS/c27-19-17-10-3-4-11-18(17)24-21(26(19)20-22-13-23-25-20)28-12-15-8-5-7-14-6-1-2-9-16(14)15/h1-11,13H,12H2,(H,22,23,25). The summed E-state index contributed by atoms with van der Waals surface area (Å²) in [7, 11) is 0. The number of rotatable bonds is 4. The number of benzene rings is 3. The number of nitrogens with one attached hydrogen (secondary N) is 1. The van der Waals surface area contributed by atoms with E-state index in [2.05, 4.69) is 45.5 Å². The summed E-state index contributed by atoms with van der Waals surface area (Å²) in [5, 5.41) is 10.2. The van der Waals surface area contributed by atoms with E-state index >= 15 is 0 Å². The summed E-state index contributed by atoms with van der Waals surface area (Å²) < 4.78 is 1.49. The first-order valence-corrected chi connectivity index (χ1v) is 9.77. The largest absolute Gasteiger partial charge is 0.269 e. The van der Waals surface area contributed by atoms with Gasteiger partial charge in [-0.15, -0.1) is 0 Å². The Labute approximate surface area is 164 Å². The predicted octanol–water partition coefficient (Wildman–Crippen LogP) is 3.95. The number of fused-ring (bicyclic) bond motifs is 2. The number of nitrogens with zero attached hydrogens (tertiary/aromatic N) is 4. The SMILES string of the molecule is O=c1c2ccccc2nc(SCc2cccc3ccccc23)n1-c1ncn[nH]1. The van der Waals surface area contributed by atoms with Crippen LogP contribution in [0.2, 0.25) is 0 Å². The average molecular weight is 385 g/mol. The van der Waals surface area contributed by atoms with E-state index in [1.165, 1.54) is 39.0 Å². The van der Waals surface area contributed by atoms with Crippen molar-refractivity contribution in [2.45, 2.75) is 10.9 Å². The Morgan fingerprint density at radius 3 is 2.57 bits per heavy atom. The molecule has 1 N–H and O–H groups in total. The van der Waals surface area contributed by atoms with Crippen LogP contribution >= 0.6 is 11.8 Å². The van der Waals surface area contributed by atoms with E-state index in [1.807, 2.05) is 30.3 Å². The molecule has 5 aromatic rings. The van der Waals surface area contributed by atoms with Crippen LogP contribution in [0.3, 0.4) is 0 Å². The molecule has 5 rings (SSSR count). The second-order valence-electron chi connectivity index (χ2n) is 6.29. The van der Waals surface area contributed by atoms with Crippen molar-refractivity contribution < 1.29 is 0 Å². The molecule has 0 amide bonds. The van der Waals surface area contributed by atoms with Gasteiger partial charge in [-0.2, -0.15) is 10.1 Å². The van der Waals surface area contributed by atoms with Gasteiger partial charge in [0.25, 0.3) is 5.56 Å². The first kappa shape index (κ1) is 16.7. The van der Waals surface area contributed by atoms with E-state index in [0.717, 1.165) is 0 Å². The van der Waals surface area contributed by atoms with Gasteiger partial charge in [0.2, 0.25) is 5.95 Å². The molecule has 0 aliphatic carbocycles. The third kappa shape index (κ3) is 2.86. The van der Waals surface area contributed by atoms with Crippen LogP contribution < -0.4 is 5.56 Å². The Hall–Kier alpha value is -3.45. The lowest BCUT2D eigenvalue weighted by atomic mass is 10.1. The van der Waals surface area contributed by atoms with Gasteiger partial charge < -0.3 is 0 Å². The predicted molar refractivity (Wildman–Crippen MR) is 111 cm³/mol. The van der Waals surface area contributed by atoms with E-state index in [-0.39, 0.29) is 5.56 Å². The van der Waals surface area contributed by atoms with E-state index in [0.29, 0.717) is 27.8 Å². The van der Waals surface area contributed by atoms with Gasteiger partial charge >= 0.3 is 0 Å². The molecule has 0 saturated heterocycles. The van der Waals surface area contributed by atoms with Crippen molar-refractivity contribution in [3.8, 4) is 5.95 Å². The molecule has 28 heavy (non-hydrogen) atoms. The van der Waals surface area contributed by atoms with Gasteiger partial charge in [0.1, 0.15) is 6.33 Å². The minimum Gasteiger partial charge on any atom is -0.268 e. The molecule has 7 heteroatoms. The van der Waals surface area contributed by atoms with Crippen molar-refractivity contribution in [2.75, 3.05) is 0 Å². The van der Waals surface area contributed by atoms with Gasteiger partial charge in [-0.1, -0.05) is 66.4 Å². The van der Waals surface area contributed by atoms with Crippen LogP contribution in [0, 0.1) is 0 Å². The quantitative estimate of drug-likeness (QED) is 0.374. The van der Waals surface area contributed by atoms with Gasteiger partial charge in [0.05, 0.1) is 10.9 Å². The molecule has 0 atom stereocenters. The van der Waals surface area contributed by atoms with Crippen LogP contribution in [0.1, 0.15) is 5.56 Å². The third-order valence-electron chi connectivity index (χ3n) is 4.60. The summed E-state index contributed by atoms with van der Waals surface area (Å²) in [6.45, 7) is 0. The molecule has 0 aliphatic heterocycles. The Balaban J connectivity index is 1.62. The number of hydrogen-bond donors (Lipinski definition) is 1. The molecule has 2 heterocycles. The monoisotopic (exact) mass is 385 g/mol. The Kier molecular flexibility index (Phi) is 4.14. The van der Waals surface area contributed by atoms with E-state index in [4.69, 9.17) is 4.98 Å². The summed E-state index contributed by atoms with van der Waals surface area (Å²) in [5.41, 5.74) is 1.70. The molecular weight excluding hydrogens is 370 g/mol. The number of aromatic nitrogens is 5. The zero-order chi connectivity index (χ0) is 18.9. The van der Waals surface area contributed by atoms with Crippen molar-refractivity contribution in [1.82, 2.24) is 24.7 Å². The smallest absolute Gasteiger partial charge is 0.268 e. The van der Waals surface area contributed by atoms with Crippen LogP contribution in [-0.2, 0) is 5.75 Å². The van der Waals surface area contributed by atoms with E-state index < -0.39 is 0 Å². The molecule has 0 spiro atoms. The van der Waals surface area contributed by atoms with Gasteiger partial charge in [-0.25, -0.2) is 14.6 Å². The Bertz CT molecular complexity index is 1340. The van der Waals surface area contributed by atoms with Gasteiger partial charge in [-0.3, -0.25) is 4.79 Å². The Morgan fingerprint density at radius 1 is 0.929 bits per heavy atom. The Morgan fingerprint density at radius 2 is 1.71 bits per heavy atom. The molecule has 0 aliphatic rings. The summed E-state index contributed by atoms with van der Waals surface area (Å²) >= 11 is 1.51. The minimum atomic E-state index is -0.164. The lowest BCUT2D eigenvalue weighted by molar-refractivity contribution is 0.771. The lowest BCUT2D eigenvalue weighted by Crippen LogP contribution is -2.22. The number of thioether (sulfide) groups is 1. The van der Waals surface area contributed by atoms with Crippen LogP contribution in [-0.4, -0.2) is 24.7 Å². The molecule has 3 aromatic carbocycles. The van der Waals surface area contributed by atoms with Crippen molar-refractivity contribution >= 4 is 33.4 Å². The topological polar surface area (TPSA) is 76.5 Å². The van der Waals surface area contributed by atoms with Crippen molar-refractivity contribution in [1.29, 1.82) is 0 Å². The molecule has 0 radical (unpaired) electrons. The van der Waals surface area contributed by atoms with Crippen LogP contribution in [0.25, 0.3) is 27.6 Å². The number of hydrogen-bond acceptors (Lipinski definition) is 5. The van der Waals surface area contributed by atoms with Gasteiger partial charge in [-0.05, 0) is 28.5 Å². The summed E-state index contributed by atoms with van der Waals surface area (Å²) in [6.07, 6.45) is 1.39. The molecule has 2 aromatic heterocycles. The van der Waals surface area contributed by atoms with E-state index in [9.17, 15) is 4.79 Å². The third-order valence-corrected chi connectivity index (χ3v) is 5.58. The zero-order valence-corrected chi connectivity index (χ0v) is 15.6. The van der Waals surface area contributed by atoms with Crippen molar-refractivity contribution in [3.63, 3.8) is 0 Å². The van der Waals surface area contributed by atoms with Gasteiger partial charge in [0.15, 0.2) is 5.16 Å². The fourth-order valence-electron chi connectivity index (χ4n) is 3.26. The second-order valence-corrected chi connectivity index (χ2v) is 7.23. The normalized spacial score (nSPS) is 11.3. The maximum atomic E-state index is 13.1. The summed E-state index contributed by atoms with van der Waals surface area (Å²) in [6, 6.07) is 21.9. The molecule has 0 saturated carbocycles. The average Bonchev–Trinajstić information content (AvgIpc) is 3.26. The zero-order valence-electron chi connectivity index (χ0n) is 14.7. The van der Waals surface area contributed by atoms with Crippen LogP contribution in [0.4, 0.5) is 0 Å². The molecular formula is C21H15N5OS. The molecule has 0 bridgehead atoms. The van der Waals surface area contributed by atoms with Crippen LogP contribution in [0.5, 0.6) is 0 Å². The molecule has 0 unspecified atom stereocenters. The number of H-pyrrole nitrogens is 1. The second kappa shape index (κ2) is 6.94. The maximum absolute atomic E-state index is 13.1. The fraction of sp³-hybridized carbons (Fsp3) is 0.0476. The molecule has 136 valence electrons. The minimum absolute atomic E-state index is 0.164. The number of aromatic amines is 1.